The second kappa shape index (κ2) is 7.72. The van der Waals surface area contributed by atoms with Gasteiger partial charge in [0, 0.05) is 13.1 Å². The summed E-state index contributed by atoms with van der Waals surface area (Å²) in [5, 5.41) is 11.2. The lowest BCUT2D eigenvalue weighted by molar-refractivity contribution is -0.221. The molecule has 0 aromatic rings. The summed E-state index contributed by atoms with van der Waals surface area (Å²) in [6, 6.07) is -0.129. The molecule has 3 aliphatic heterocycles. The van der Waals surface area contributed by atoms with Crippen LogP contribution in [0.3, 0.4) is 0 Å². The number of carbonyl (C=O) groups is 3. The predicted octanol–water partition coefficient (Wildman–Crippen LogP) is 1.20. The minimum Gasteiger partial charge on any atom is -0.460 e. The number of rotatable bonds is 3. The molecule has 0 spiro atoms. The Balaban J connectivity index is 1.98. The van der Waals surface area contributed by atoms with Crippen molar-refractivity contribution in [2.45, 2.75) is 70.8 Å². The van der Waals surface area contributed by atoms with Crippen molar-refractivity contribution < 1.29 is 33.7 Å². The highest BCUT2D eigenvalue weighted by Crippen LogP contribution is 2.39. The summed E-state index contributed by atoms with van der Waals surface area (Å²) in [6.07, 6.45) is 2.80. The molecule has 2 fully saturated rings. The van der Waals surface area contributed by atoms with Gasteiger partial charge in [-0.05, 0) is 39.2 Å². The van der Waals surface area contributed by atoms with Crippen LogP contribution >= 0.6 is 0 Å². The molecular weight excluding hydrogens is 378 g/mol. The number of hydrogen-bond acceptors (Lipinski definition) is 8. The molecule has 3 aliphatic rings. The molecule has 8 heteroatoms. The number of ether oxygens (including phenoxy) is 3. The predicted molar refractivity (Wildman–Crippen MR) is 103 cm³/mol. The molecule has 6 unspecified atom stereocenters. The minimum atomic E-state index is -2.24. The molecule has 0 amide bonds. The lowest BCUT2D eigenvalue weighted by Crippen LogP contribution is -2.63. The molecule has 0 radical (unpaired) electrons. The first-order valence-electron chi connectivity index (χ1n) is 10.3. The van der Waals surface area contributed by atoms with Gasteiger partial charge in [-0.1, -0.05) is 19.9 Å². The Morgan fingerprint density at radius 1 is 1.41 bits per heavy atom. The fourth-order valence-corrected chi connectivity index (χ4v) is 4.18. The fourth-order valence-electron chi connectivity index (χ4n) is 4.18. The second-order valence-electron chi connectivity index (χ2n) is 8.69. The van der Waals surface area contributed by atoms with Gasteiger partial charge in [-0.2, -0.15) is 0 Å². The van der Waals surface area contributed by atoms with E-state index in [9.17, 15) is 19.5 Å². The number of nitrogens with zero attached hydrogens (tertiary/aromatic N) is 1. The van der Waals surface area contributed by atoms with Crippen molar-refractivity contribution in [2.24, 2.45) is 11.8 Å². The molecule has 162 valence electrons. The zero-order valence-electron chi connectivity index (χ0n) is 17.8. The van der Waals surface area contributed by atoms with Gasteiger partial charge in [0.25, 0.3) is 0 Å². The van der Waals surface area contributed by atoms with Crippen LogP contribution in [0.15, 0.2) is 11.6 Å². The topological polar surface area (TPSA) is 102 Å². The van der Waals surface area contributed by atoms with E-state index in [-0.39, 0.29) is 18.8 Å². The summed E-state index contributed by atoms with van der Waals surface area (Å²) >= 11 is 0. The quantitative estimate of drug-likeness (QED) is 0.422. The zero-order chi connectivity index (χ0) is 21.6. The molecule has 6 atom stereocenters. The average Bonchev–Trinajstić information content (AvgIpc) is 3.26. The van der Waals surface area contributed by atoms with E-state index >= 15 is 0 Å². The third-order valence-corrected chi connectivity index (χ3v) is 6.92. The van der Waals surface area contributed by atoms with Crippen LogP contribution in [0.4, 0.5) is 0 Å². The lowest BCUT2D eigenvalue weighted by atomic mass is 9.76. The van der Waals surface area contributed by atoms with E-state index in [1.807, 2.05) is 13.0 Å². The molecule has 8 nitrogen and oxygen atoms in total. The van der Waals surface area contributed by atoms with Gasteiger partial charge in [-0.15, -0.1) is 0 Å². The SMILES string of the molecule is CCC(C)C(=O)OC1(C)C(C)C(=O)OC2CCN3CC=C(COC(=O)C1(C)O)C23. The monoisotopic (exact) mass is 409 g/mol. The van der Waals surface area contributed by atoms with E-state index in [0.717, 1.165) is 12.1 Å². The summed E-state index contributed by atoms with van der Waals surface area (Å²) in [6.45, 7) is 9.11. The largest absolute Gasteiger partial charge is 0.460 e. The Bertz CT molecular complexity index is 731. The smallest absolute Gasteiger partial charge is 0.342 e. The number of hydrogen-bond donors (Lipinski definition) is 1. The summed E-state index contributed by atoms with van der Waals surface area (Å²) in [4.78, 5) is 40.6. The standard InChI is InChI=1S/C21H31NO7/c1-6-12(2)17(23)29-21(5)13(3)18(24)28-15-8-10-22-9-7-14(16(15)22)11-27-19(25)20(21,4)26/h7,12-13,15-16,26H,6,8-11H2,1-5H3. The van der Waals surface area contributed by atoms with Gasteiger partial charge >= 0.3 is 17.9 Å². The van der Waals surface area contributed by atoms with E-state index in [1.54, 1.807) is 6.92 Å². The maximum Gasteiger partial charge on any atom is 0.342 e. The van der Waals surface area contributed by atoms with E-state index < -0.39 is 40.9 Å². The number of aliphatic hydroxyl groups is 1. The van der Waals surface area contributed by atoms with Gasteiger partial charge in [-0.3, -0.25) is 14.5 Å². The Labute approximate surface area is 171 Å². The van der Waals surface area contributed by atoms with Gasteiger partial charge in [0.05, 0.1) is 17.9 Å². The van der Waals surface area contributed by atoms with Crippen LogP contribution in [0.5, 0.6) is 0 Å². The van der Waals surface area contributed by atoms with Crippen molar-refractivity contribution in [3.05, 3.63) is 11.6 Å². The third-order valence-electron chi connectivity index (χ3n) is 6.92. The molecule has 1 N–H and O–H groups in total. The van der Waals surface area contributed by atoms with Gasteiger partial charge in [0.2, 0.25) is 0 Å². The van der Waals surface area contributed by atoms with Crippen LogP contribution in [0.2, 0.25) is 0 Å². The maximum atomic E-state index is 13.0. The Kier molecular flexibility index (Phi) is 5.80. The van der Waals surface area contributed by atoms with Crippen molar-refractivity contribution in [1.29, 1.82) is 0 Å². The van der Waals surface area contributed by atoms with Gasteiger partial charge in [0.1, 0.15) is 12.7 Å². The van der Waals surface area contributed by atoms with Crippen LogP contribution in [-0.2, 0) is 28.6 Å². The zero-order valence-corrected chi connectivity index (χ0v) is 17.8. The Morgan fingerprint density at radius 3 is 2.76 bits per heavy atom. The van der Waals surface area contributed by atoms with Crippen LogP contribution < -0.4 is 0 Å². The third kappa shape index (κ3) is 3.57. The molecule has 3 rings (SSSR count). The first kappa shape index (κ1) is 21.8. The molecule has 29 heavy (non-hydrogen) atoms. The fraction of sp³-hybridized carbons (Fsp3) is 0.762. The van der Waals surface area contributed by atoms with Gasteiger partial charge < -0.3 is 19.3 Å². The molecule has 2 saturated heterocycles. The highest BCUT2D eigenvalue weighted by atomic mass is 16.6. The van der Waals surface area contributed by atoms with Crippen LogP contribution in [0.25, 0.3) is 0 Å². The highest BCUT2D eigenvalue weighted by molar-refractivity contribution is 5.85. The summed E-state index contributed by atoms with van der Waals surface area (Å²) < 4.78 is 16.9. The first-order valence-corrected chi connectivity index (χ1v) is 10.3. The molecule has 3 heterocycles. The summed E-state index contributed by atoms with van der Waals surface area (Å²) in [7, 11) is 0. The Hall–Kier alpha value is -1.93. The van der Waals surface area contributed by atoms with Crippen LogP contribution in [0.1, 0.15) is 47.5 Å². The van der Waals surface area contributed by atoms with Gasteiger partial charge in [0.15, 0.2) is 11.2 Å². The van der Waals surface area contributed by atoms with Crippen molar-refractivity contribution in [1.82, 2.24) is 4.90 Å². The van der Waals surface area contributed by atoms with E-state index in [1.165, 1.54) is 20.8 Å². The van der Waals surface area contributed by atoms with E-state index in [2.05, 4.69) is 4.90 Å². The van der Waals surface area contributed by atoms with Crippen molar-refractivity contribution in [3.8, 4) is 0 Å². The normalized spacial score (nSPS) is 39.0. The highest BCUT2D eigenvalue weighted by Gasteiger charge is 2.60. The van der Waals surface area contributed by atoms with Crippen molar-refractivity contribution in [3.63, 3.8) is 0 Å². The van der Waals surface area contributed by atoms with E-state index in [4.69, 9.17) is 14.2 Å². The number of esters is 3. The van der Waals surface area contributed by atoms with Crippen molar-refractivity contribution >= 4 is 17.9 Å². The first-order chi connectivity index (χ1) is 13.5. The minimum absolute atomic E-state index is 0.00598. The lowest BCUT2D eigenvalue weighted by Gasteiger charge is -2.43. The van der Waals surface area contributed by atoms with Crippen LogP contribution in [-0.4, -0.2) is 71.0 Å². The molecule has 0 saturated carbocycles. The Morgan fingerprint density at radius 2 is 2.10 bits per heavy atom. The number of carbonyl (C=O) groups excluding carboxylic acids is 3. The van der Waals surface area contributed by atoms with Gasteiger partial charge in [-0.25, -0.2) is 4.79 Å². The van der Waals surface area contributed by atoms with Crippen LogP contribution in [0, 0.1) is 11.8 Å². The molecule has 0 aliphatic carbocycles. The molecule has 0 bridgehead atoms. The van der Waals surface area contributed by atoms with E-state index in [0.29, 0.717) is 19.4 Å². The number of cyclic esters (lactones) is 1. The van der Waals surface area contributed by atoms with Crippen molar-refractivity contribution in [2.75, 3.05) is 19.7 Å². The maximum absolute atomic E-state index is 13.0. The summed E-state index contributed by atoms with van der Waals surface area (Å²) in [5.74, 6) is -3.68. The molecule has 0 aromatic carbocycles. The molecular formula is C21H31NO7. The second-order valence-corrected chi connectivity index (χ2v) is 8.69. The average molecular weight is 409 g/mol. The molecule has 0 aromatic heterocycles. The summed E-state index contributed by atoms with van der Waals surface area (Å²) in [5.41, 5.74) is -3.24.